The van der Waals surface area contributed by atoms with Crippen molar-refractivity contribution in [1.82, 2.24) is 5.32 Å². The lowest BCUT2D eigenvalue weighted by Crippen LogP contribution is -2.58. The number of barbiturate groups is 1. The van der Waals surface area contributed by atoms with E-state index >= 15 is 0 Å². The molecule has 9 nitrogen and oxygen atoms in total. The van der Waals surface area contributed by atoms with Gasteiger partial charge in [-0.1, -0.05) is 18.2 Å². The number of nitro benzene ring substituents is 1. The van der Waals surface area contributed by atoms with Gasteiger partial charge in [0.15, 0.2) is 5.92 Å². The molecule has 1 N–H and O–H groups in total. The van der Waals surface area contributed by atoms with Gasteiger partial charge in [0.1, 0.15) is 5.82 Å². The summed E-state index contributed by atoms with van der Waals surface area (Å²) in [4.78, 5) is 51.6. The number of nitro groups is 1. The van der Waals surface area contributed by atoms with E-state index in [9.17, 15) is 28.9 Å². The maximum Gasteiger partial charge on any atom is 0.335 e. The predicted molar refractivity (Wildman–Crippen MR) is 96.9 cm³/mol. The highest BCUT2D eigenvalue weighted by atomic mass is 19.1. The third-order valence-corrected chi connectivity index (χ3v) is 4.06. The zero-order valence-electron chi connectivity index (χ0n) is 14.5. The number of hydrogen-bond acceptors (Lipinski definition) is 6. The molecule has 4 amide bonds. The number of aryl methyl sites for hydroxylation is 1. The van der Waals surface area contributed by atoms with Crippen LogP contribution in [0.25, 0.3) is 0 Å². The zero-order chi connectivity index (χ0) is 20.4. The van der Waals surface area contributed by atoms with Crippen LogP contribution in [0.15, 0.2) is 47.5 Å². The summed E-state index contributed by atoms with van der Waals surface area (Å²) < 4.78 is 14.0. The number of hydrogen-bond donors (Lipinski definition) is 1. The van der Waals surface area contributed by atoms with E-state index in [1.165, 1.54) is 36.4 Å². The molecule has 1 saturated heterocycles. The van der Waals surface area contributed by atoms with Crippen molar-refractivity contribution in [3.05, 3.63) is 64.0 Å². The Morgan fingerprint density at radius 1 is 1.21 bits per heavy atom. The molecule has 2 aromatic carbocycles. The Hall–Kier alpha value is -3.95. The van der Waals surface area contributed by atoms with Crippen LogP contribution in [0, 0.1) is 28.8 Å². The minimum Gasteiger partial charge on any atom is -0.276 e. The molecule has 0 aliphatic carbocycles. The fourth-order valence-corrected chi connectivity index (χ4v) is 2.59. The molecular weight excluding hydrogens is 371 g/mol. The van der Waals surface area contributed by atoms with Gasteiger partial charge in [0.25, 0.3) is 11.6 Å². The highest BCUT2D eigenvalue weighted by molar-refractivity contribution is 6.32. The molecule has 2 aromatic rings. The number of rotatable bonds is 4. The number of benzene rings is 2. The fraction of sp³-hybridized carbons (Fsp3) is 0.111. The summed E-state index contributed by atoms with van der Waals surface area (Å²) in [6, 6.07) is 8.01. The average molecular weight is 384 g/mol. The molecule has 0 bridgehead atoms. The van der Waals surface area contributed by atoms with Gasteiger partial charge in [-0.3, -0.25) is 30.0 Å². The van der Waals surface area contributed by atoms with E-state index in [0.717, 1.165) is 12.3 Å². The molecule has 0 spiro atoms. The molecule has 142 valence electrons. The summed E-state index contributed by atoms with van der Waals surface area (Å²) in [7, 11) is 0. The summed E-state index contributed by atoms with van der Waals surface area (Å²) in [6.07, 6.45) is 0.976. The van der Waals surface area contributed by atoms with Crippen LogP contribution in [-0.4, -0.2) is 29.0 Å². The van der Waals surface area contributed by atoms with Crippen LogP contribution in [0.3, 0.4) is 0 Å². The van der Waals surface area contributed by atoms with Gasteiger partial charge < -0.3 is 0 Å². The Morgan fingerprint density at radius 3 is 2.61 bits per heavy atom. The molecular formula is C18H13FN4O5. The quantitative estimate of drug-likeness (QED) is 0.376. The highest BCUT2D eigenvalue weighted by Crippen LogP contribution is 2.26. The number of carbonyl (C=O) groups excluding carboxylic acids is 3. The standard InChI is InChI=1S/C18H13FN4O5/c1-10-6-7-11(23(27)28)8-14(10)20-9-12-16(24)21-18(26)22(17(12)25)15-5-3-2-4-13(15)19/h2-9,12H,1H3,(H,21,24,26)/t12-/m1/s1. The first-order valence-corrected chi connectivity index (χ1v) is 8.02. The molecule has 0 unspecified atom stereocenters. The Morgan fingerprint density at radius 2 is 1.93 bits per heavy atom. The number of carbonyl (C=O) groups is 3. The summed E-state index contributed by atoms with van der Waals surface area (Å²) >= 11 is 0. The maximum absolute atomic E-state index is 14.0. The SMILES string of the molecule is Cc1ccc([N+](=O)[O-])cc1N=C[C@@H]1C(=O)NC(=O)N(c2ccccc2F)C1=O. The van der Waals surface area contributed by atoms with Gasteiger partial charge in [0.2, 0.25) is 5.91 Å². The van der Waals surface area contributed by atoms with E-state index in [0.29, 0.717) is 10.5 Å². The maximum atomic E-state index is 14.0. The van der Waals surface area contributed by atoms with Crippen LogP contribution in [-0.2, 0) is 9.59 Å². The number of aliphatic imine (C=N–C) groups is 1. The van der Waals surface area contributed by atoms with Gasteiger partial charge in [-0.25, -0.2) is 14.1 Å². The van der Waals surface area contributed by atoms with Gasteiger partial charge in [-0.15, -0.1) is 0 Å². The Labute approximate surface area is 157 Å². The molecule has 1 atom stereocenters. The predicted octanol–water partition coefficient (Wildman–Crippen LogP) is 2.64. The minimum atomic E-state index is -1.50. The van der Waals surface area contributed by atoms with Gasteiger partial charge in [0.05, 0.1) is 16.3 Å². The fourth-order valence-electron chi connectivity index (χ4n) is 2.59. The van der Waals surface area contributed by atoms with E-state index in [-0.39, 0.29) is 17.1 Å². The number of nitrogens with one attached hydrogen (secondary N) is 1. The number of halogens is 1. The molecule has 1 aliphatic rings. The third kappa shape index (κ3) is 3.47. The summed E-state index contributed by atoms with van der Waals surface area (Å²) in [5.41, 5.74) is 0.249. The first-order valence-electron chi connectivity index (χ1n) is 8.02. The summed E-state index contributed by atoms with van der Waals surface area (Å²) in [6.45, 7) is 1.65. The second-order valence-corrected chi connectivity index (χ2v) is 5.90. The monoisotopic (exact) mass is 384 g/mol. The normalized spacial score (nSPS) is 17.1. The largest absolute Gasteiger partial charge is 0.335 e. The first kappa shape index (κ1) is 18.8. The zero-order valence-corrected chi connectivity index (χ0v) is 14.5. The van der Waals surface area contributed by atoms with Gasteiger partial charge in [-0.2, -0.15) is 0 Å². The van der Waals surface area contributed by atoms with Crippen molar-refractivity contribution in [2.24, 2.45) is 10.9 Å². The number of amides is 4. The Balaban J connectivity index is 1.95. The second kappa shape index (κ2) is 7.35. The van der Waals surface area contributed by atoms with Crippen molar-refractivity contribution in [1.29, 1.82) is 0 Å². The van der Waals surface area contributed by atoms with Crippen molar-refractivity contribution in [2.45, 2.75) is 6.92 Å². The molecule has 1 aliphatic heterocycles. The van der Waals surface area contributed by atoms with Crippen molar-refractivity contribution in [3.63, 3.8) is 0 Å². The molecule has 0 aromatic heterocycles. The lowest BCUT2D eigenvalue weighted by atomic mass is 10.1. The number of para-hydroxylation sites is 1. The topological polar surface area (TPSA) is 122 Å². The molecule has 3 rings (SSSR count). The number of anilines is 1. The van der Waals surface area contributed by atoms with Gasteiger partial charge in [0, 0.05) is 18.3 Å². The van der Waals surface area contributed by atoms with E-state index < -0.39 is 34.5 Å². The highest BCUT2D eigenvalue weighted by Gasteiger charge is 2.41. The van der Waals surface area contributed by atoms with Crippen LogP contribution in [0.2, 0.25) is 0 Å². The lowest BCUT2D eigenvalue weighted by Gasteiger charge is -2.28. The Kier molecular flexibility index (Phi) is 4.94. The molecule has 0 saturated carbocycles. The molecule has 0 radical (unpaired) electrons. The smallest absolute Gasteiger partial charge is 0.276 e. The van der Waals surface area contributed by atoms with Gasteiger partial charge >= 0.3 is 6.03 Å². The van der Waals surface area contributed by atoms with Crippen molar-refractivity contribution < 1.29 is 23.7 Å². The molecule has 28 heavy (non-hydrogen) atoms. The van der Waals surface area contributed by atoms with Crippen LogP contribution in [0.1, 0.15) is 5.56 Å². The molecule has 1 heterocycles. The number of urea groups is 1. The summed E-state index contributed by atoms with van der Waals surface area (Å²) in [5.74, 6) is -4.22. The van der Waals surface area contributed by atoms with Crippen LogP contribution in [0.4, 0.5) is 26.2 Å². The average Bonchev–Trinajstić information content (AvgIpc) is 2.64. The van der Waals surface area contributed by atoms with E-state index in [1.807, 2.05) is 5.32 Å². The molecule has 10 heteroatoms. The van der Waals surface area contributed by atoms with Crippen molar-refractivity contribution >= 4 is 41.1 Å². The second-order valence-electron chi connectivity index (χ2n) is 5.90. The number of imide groups is 2. The first-order chi connectivity index (χ1) is 13.3. The number of non-ortho nitro benzene ring substituents is 1. The van der Waals surface area contributed by atoms with Crippen molar-refractivity contribution in [3.8, 4) is 0 Å². The van der Waals surface area contributed by atoms with Gasteiger partial charge in [-0.05, 0) is 24.6 Å². The third-order valence-electron chi connectivity index (χ3n) is 4.06. The lowest BCUT2D eigenvalue weighted by molar-refractivity contribution is -0.384. The van der Waals surface area contributed by atoms with Crippen LogP contribution in [0.5, 0.6) is 0 Å². The minimum absolute atomic E-state index is 0.184. The van der Waals surface area contributed by atoms with E-state index in [2.05, 4.69) is 4.99 Å². The number of nitrogens with zero attached hydrogens (tertiary/aromatic N) is 3. The van der Waals surface area contributed by atoms with E-state index in [1.54, 1.807) is 6.92 Å². The van der Waals surface area contributed by atoms with Crippen LogP contribution < -0.4 is 10.2 Å². The molecule has 1 fully saturated rings. The van der Waals surface area contributed by atoms with E-state index in [4.69, 9.17) is 0 Å². The Bertz CT molecular complexity index is 1040. The summed E-state index contributed by atoms with van der Waals surface area (Å²) in [5, 5.41) is 12.9. The van der Waals surface area contributed by atoms with Crippen molar-refractivity contribution in [2.75, 3.05) is 4.90 Å². The van der Waals surface area contributed by atoms with Crippen LogP contribution >= 0.6 is 0 Å².